The first-order chi connectivity index (χ1) is 5.90. The van der Waals surface area contributed by atoms with Crippen LogP contribution in [0.5, 0.6) is 0 Å². The zero-order valence-electron chi connectivity index (χ0n) is 6.82. The van der Waals surface area contributed by atoms with Gasteiger partial charge in [0, 0.05) is 0 Å². The third-order valence-corrected chi connectivity index (χ3v) is 4.39. The molecule has 0 radical (unpaired) electrons. The van der Waals surface area contributed by atoms with Crippen LogP contribution in [0, 0.1) is 0 Å². The van der Waals surface area contributed by atoms with E-state index in [0.717, 1.165) is 10.7 Å². The van der Waals surface area contributed by atoms with Crippen LogP contribution in [0.4, 0.5) is 4.56 Å². The van der Waals surface area contributed by atoms with Crippen LogP contribution in [0.3, 0.4) is 0 Å². The maximum absolute atomic E-state index is 10.5. The van der Waals surface area contributed by atoms with Crippen molar-refractivity contribution in [1.82, 2.24) is 0 Å². The van der Waals surface area contributed by atoms with E-state index in [2.05, 4.69) is 11.0 Å². The Balaban J connectivity index is 2.16. The topological polar surface area (TPSA) is 20.3 Å². The van der Waals surface area contributed by atoms with E-state index >= 15 is 0 Å². The van der Waals surface area contributed by atoms with Crippen molar-refractivity contribution in [3.05, 3.63) is 16.6 Å². The van der Waals surface area contributed by atoms with Crippen LogP contribution >= 0.6 is 0 Å². The van der Waals surface area contributed by atoms with Crippen molar-refractivity contribution in [3.63, 3.8) is 0 Å². The second-order valence-electron chi connectivity index (χ2n) is 2.99. The summed E-state index contributed by atoms with van der Waals surface area (Å²) >= 11 is 0.298. The predicted octanol–water partition coefficient (Wildman–Crippen LogP) is 1.16. The van der Waals surface area contributed by atoms with Gasteiger partial charge in [-0.2, -0.15) is 0 Å². The summed E-state index contributed by atoms with van der Waals surface area (Å²) in [6, 6.07) is 4.07. The van der Waals surface area contributed by atoms with Gasteiger partial charge in [-0.15, -0.1) is 0 Å². The summed E-state index contributed by atoms with van der Waals surface area (Å²) in [5.74, 6) is 0. The van der Waals surface area contributed by atoms with E-state index in [1.54, 1.807) is 0 Å². The first kappa shape index (κ1) is 8.09. The summed E-state index contributed by atoms with van der Waals surface area (Å²) in [6.45, 7) is 2.38. The average Bonchev–Trinajstić information content (AvgIpc) is 2.75. The molecule has 0 N–H and O–H groups in total. The van der Waals surface area contributed by atoms with Crippen molar-refractivity contribution in [2.24, 2.45) is 0 Å². The first-order valence-electron chi connectivity index (χ1n) is 4.20. The molecule has 1 aliphatic rings. The molecule has 2 heterocycles. The maximum atomic E-state index is 10.5. The minimum absolute atomic E-state index is 0.298. The Morgan fingerprint density at radius 3 is 2.67 bits per heavy atom. The Morgan fingerprint density at radius 1 is 1.33 bits per heavy atom. The van der Waals surface area contributed by atoms with Crippen LogP contribution in [0.2, 0.25) is 0 Å². The number of hydrogen-bond donors (Lipinski definition) is 0. The van der Waals surface area contributed by atoms with Gasteiger partial charge in [0.15, 0.2) is 0 Å². The summed E-state index contributed by atoms with van der Waals surface area (Å²) in [7, 11) is 0. The fraction of sp³-hybridized carbons (Fsp3) is 0.444. The van der Waals surface area contributed by atoms with Gasteiger partial charge < -0.3 is 0 Å². The van der Waals surface area contributed by atoms with Gasteiger partial charge in [-0.3, -0.25) is 0 Å². The van der Waals surface area contributed by atoms with Gasteiger partial charge in [0.1, 0.15) is 0 Å². The number of carbonyl (C=O) groups excluding carboxylic acids is 1. The number of nitrogens with zero attached hydrogens (tertiary/aromatic N) is 1. The zero-order chi connectivity index (χ0) is 8.39. The number of aldehydes is 1. The second kappa shape index (κ2) is 3.46. The van der Waals surface area contributed by atoms with Crippen molar-refractivity contribution in [2.75, 3.05) is 18.0 Å². The molecule has 1 aromatic heterocycles. The summed E-state index contributed by atoms with van der Waals surface area (Å²) in [4.78, 5) is 12.9. The molecule has 0 saturated carbocycles. The normalized spacial score (nSPS) is 16.8. The van der Waals surface area contributed by atoms with E-state index < -0.39 is 0 Å². The fourth-order valence-corrected chi connectivity index (χ4v) is 3.35. The molecule has 64 valence electrons. The molecular weight excluding hydrogens is 217 g/mol. The predicted molar refractivity (Wildman–Crippen MR) is 50.2 cm³/mol. The third-order valence-electron chi connectivity index (χ3n) is 2.15. The zero-order valence-corrected chi connectivity index (χ0v) is 8.54. The van der Waals surface area contributed by atoms with Crippen molar-refractivity contribution >= 4 is 25.4 Å². The van der Waals surface area contributed by atoms with Crippen LogP contribution in [-0.4, -0.2) is 33.9 Å². The van der Waals surface area contributed by atoms with Crippen LogP contribution in [0.1, 0.15) is 22.1 Å². The SMILES string of the molecule is O=Cc1ccc(N2CCCC2)[se]1. The molecule has 1 aromatic rings. The van der Waals surface area contributed by atoms with Crippen molar-refractivity contribution < 1.29 is 4.79 Å². The monoisotopic (exact) mass is 229 g/mol. The summed E-state index contributed by atoms with van der Waals surface area (Å²) in [6.07, 6.45) is 3.60. The summed E-state index contributed by atoms with van der Waals surface area (Å²) in [5.41, 5.74) is 0. The van der Waals surface area contributed by atoms with E-state index in [-0.39, 0.29) is 0 Å². The van der Waals surface area contributed by atoms with E-state index in [1.807, 2.05) is 6.07 Å². The molecule has 1 fully saturated rings. The molecule has 0 atom stereocenters. The standard InChI is InChI=1S/C9H11NOSe/c11-7-8-3-4-9(12-8)10-5-1-2-6-10/h3-4,7H,1-2,5-6H2. The average molecular weight is 228 g/mol. The Labute approximate surface area is 77.9 Å². The van der Waals surface area contributed by atoms with Gasteiger partial charge >= 0.3 is 77.5 Å². The molecule has 0 unspecified atom stereocenters. The Bertz CT molecular complexity index is 276. The Morgan fingerprint density at radius 2 is 2.08 bits per heavy atom. The van der Waals surface area contributed by atoms with Crippen LogP contribution in [0.25, 0.3) is 0 Å². The Kier molecular flexibility index (Phi) is 2.33. The number of carbonyl (C=O) groups is 1. The van der Waals surface area contributed by atoms with Gasteiger partial charge in [-0.05, 0) is 0 Å². The van der Waals surface area contributed by atoms with E-state index in [4.69, 9.17) is 0 Å². The van der Waals surface area contributed by atoms with Crippen LogP contribution < -0.4 is 4.90 Å². The summed E-state index contributed by atoms with van der Waals surface area (Å²) < 4.78 is 2.37. The number of hydrogen-bond acceptors (Lipinski definition) is 2. The minimum atomic E-state index is 0.298. The van der Waals surface area contributed by atoms with E-state index in [9.17, 15) is 4.79 Å². The molecule has 3 heteroatoms. The van der Waals surface area contributed by atoms with Crippen molar-refractivity contribution in [1.29, 1.82) is 0 Å². The van der Waals surface area contributed by atoms with Crippen molar-refractivity contribution in [3.8, 4) is 0 Å². The number of rotatable bonds is 2. The second-order valence-corrected chi connectivity index (χ2v) is 5.28. The van der Waals surface area contributed by atoms with E-state index in [0.29, 0.717) is 14.5 Å². The molecule has 2 nitrogen and oxygen atoms in total. The van der Waals surface area contributed by atoms with Crippen molar-refractivity contribution in [2.45, 2.75) is 12.8 Å². The summed E-state index contributed by atoms with van der Waals surface area (Å²) in [5, 5.41) is 0. The fourth-order valence-electron chi connectivity index (χ4n) is 1.51. The number of anilines is 1. The molecule has 2 rings (SSSR count). The van der Waals surface area contributed by atoms with Gasteiger partial charge in [-0.1, -0.05) is 0 Å². The Hall–Kier alpha value is -0.531. The molecule has 12 heavy (non-hydrogen) atoms. The molecular formula is C9H11NOSe. The molecule has 0 amide bonds. The van der Waals surface area contributed by atoms with Gasteiger partial charge in [0.25, 0.3) is 0 Å². The molecule has 0 bridgehead atoms. The van der Waals surface area contributed by atoms with Gasteiger partial charge in [-0.25, -0.2) is 0 Å². The van der Waals surface area contributed by atoms with Crippen LogP contribution in [0.15, 0.2) is 12.1 Å². The first-order valence-corrected chi connectivity index (χ1v) is 5.91. The van der Waals surface area contributed by atoms with Gasteiger partial charge in [0.05, 0.1) is 0 Å². The molecule has 1 aliphatic heterocycles. The molecule has 1 saturated heterocycles. The molecule has 0 aliphatic carbocycles. The molecule has 0 spiro atoms. The third kappa shape index (κ3) is 1.47. The molecule has 0 aromatic carbocycles. The quantitative estimate of drug-likeness (QED) is 0.559. The van der Waals surface area contributed by atoms with Crippen LogP contribution in [-0.2, 0) is 0 Å². The van der Waals surface area contributed by atoms with E-state index in [1.165, 1.54) is 30.5 Å². The van der Waals surface area contributed by atoms with Gasteiger partial charge in [0.2, 0.25) is 0 Å².